The number of benzene rings is 7. The minimum Gasteiger partial charge on any atom is -0.256 e. The molecule has 0 fully saturated rings. The first-order valence-corrected chi connectivity index (χ1v) is 27.1. The third kappa shape index (κ3) is 7.77. The number of nitrogens with zero attached hydrogens (tertiary/aromatic N) is 7. The topological polar surface area (TPSA) is 90.2 Å². The van der Waals surface area contributed by atoms with Gasteiger partial charge in [0.1, 0.15) is 0 Å². The summed E-state index contributed by atoms with van der Waals surface area (Å²) in [6.45, 7) is 0. The fourth-order valence-corrected chi connectivity index (χ4v) is 12.3. The molecule has 372 valence electrons. The third-order valence-corrected chi connectivity index (χ3v) is 16.3. The molecule has 5 heterocycles. The maximum atomic E-state index is 5.39. The average molecular weight is 1020 g/mol. The number of aromatic nitrogens is 7. The van der Waals surface area contributed by atoms with Gasteiger partial charge in [-0.2, -0.15) is 0 Å². The fourth-order valence-electron chi connectivity index (χ4n) is 12.3. The van der Waals surface area contributed by atoms with E-state index in [1.807, 2.05) is 54.9 Å². The van der Waals surface area contributed by atoms with Crippen LogP contribution >= 0.6 is 0 Å². The van der Waals surface area contributed by atoms with Crippen molar-refractivity contribution in [2.24, 2.45) is 11.8 Å². The molecule has 80 heavy (non-hydrogen) atoms. The molecule has 7 nitrogen and oxygen atoms in total. The molecule has 0 bridgehead atoms. The number of rotatable bonds is 9. The Labute approximate surface area is 461 Å². The smallest absolute Gasteiger partial charge is 0.161 e. The maximum Gasteiger partial charge on any atom is 0.161 e. The van der Waals surface area contributed by atoms with Gasteiger partial charge in [-0.25, -0.2) is 19.9 Å². The highest BCUT2D eigenvalue weighted by Crippen LogP contribution is 2.51. The van der Waals surface area contributed by atoms with Crippen LogP contribution in [0.5, 0.6) is 0 Å². The Hall–Kier alpha value is -10.6. The van der Waals surface area contributed by atoms with Crippen LogP contribution in [-0.2, 0) is 0 Å². The van der Waals surface area contributed by atoms with Crippen LogP contribution in [0.4, 0.5) is 0 Å². The molecule has 0 spiro atoms. The quantitative estimate of drug-likeness (QED) is 0.133. The molecule has 2 atom stereocenters. The van der Waals surface area contributed by atoms with Gasteiger partial charge in [-0.3, -0.25) is 15.0 Å². The summed E-state index contributed by atoms with van der Waals surface area (Å²) in [5.41, 5.74) is 20.3. The normalized spacial score (nSPS) is 16.0. The number of hydrogen-bond acceptors (Lipinski definition) is 7. The van der Waals surface area contributed by atoms with E-state index >= 15 is 0 Å². The standard InChI is InChI=1S/C73H45N7/c1-3-39-74-61(11-1)46-21-23-49(24-22-46)65-41-64(77-72(78-65)59-36-31-54-27-25-50-7-5-9-52-29-34-57(59)70(54)68(50)52)47-17-13-44(14-18-47)45-15-19-48(20-16-45)66-42-67(56-33-38-63(76-43-56)62-12-2-4-40-75-62)80-73(79-66)60-37-32-55-28-26-51-8-6-10-53-30-35-58(60)71(55)69(51)53/h1-43,68,70H. The molecule has 0 amide bonds. The molecule has 4 aliphatic rings. The monoisotopic (exact) mass is 1020 g/mol. The Morgan fingerprint density at radius 3 is 1.45 bits per heavy atom. The summed E-state index contributed by atoms with van der Waals surface area (Å²) < 4.78 is 0. The Kier molecular flexibility index (Phi) is 10.6. The van der Waals surface area contributed by atoms with E-state index in [0.717, 1.165) is 95.3 Å². The lowest BCUT2D eigenvalue weighted by Crippen LogP contribution is -2.29. The molecule has 0 aliphatic heterocycles. The van der Waals surface area contributed by atoms with Crippen LogP contribution in [0, 0.1) is 11.8 Å². The van der Waals surface area contributed by atoms with E-state index in [1.165, 1.54) is 49.2 Å². The molecule has 2 unspecified atom stereocenters. The van der Waals surface area contributed by atoms with Crippen molar-refractivity contribution in [1.29, 1.82) is 0 Å². The van der Waals surface area contributed by atoms with E-state index in [1.54, 1.807) is 6.20 Å². The number of allylic oxidation sites excluding steroid dienone is 14. The van der Waals surface area contributed by atoms with Gasteiger partial charge < -0.3 is 0 Å². The summed E-state index contributed by atoms with van der Waals surface area (Å²) in [6, 6.07) is 65.8. The fraction of sp³-hybridized carbons (Fsp3) is 0.0274. The van der Waals surface area contributed by atoms with Crippen LogP contribution in [0.1, 0.15) is 5.82 Å². The van der Waals surface area contributed by atoms with Crippen molar-refractivity contribution in [3.8, 4) is 90.2 Å². The number of hydrogen-bond donors (Lipinski definition) is 0. The second-order valence-corrected chi connectivity index (χ2v) is 20.8. The SMILES string of the molecule is C1=CC2=CC=C3C=CC(c4nc(-c5ccc(-c6ccc(-c7cc(-c8ccc(-c9ccccn9)nc8)nc(-c8ccc9ccc%10cccc%11ccc8c9c%10%11)n7)cc6)cc5)cc(-c5ccc(-c6ccccn6)cc5)n4)=C4C=CC(=C1)C2C34. The zero-order chi connectivity index (χ0) is 52.7. The first kappa shape index (κ1) is 45.6. The summed E-state index contributed by atoms with van der Waals surface area (Å²) in [7, 11) is 0. The lowest BCUT2D eigenvalue weighted by Gasteiger charge is -2.40. The van der Waals surface area contributed by atoms with E-state index < -0.39 is 0 Å². The van der Waals surface area contributed by atoms with Gasteiger partial charge in [0.15, 0.2) is 11.6 Å². The zero-order valence-electron chi connectivity index (χ0n) is 43.1. The van der Waals surface area contributed by atoms with Gasteiger partial charge in [0.2, 0.25) is 0 Å². The van der Waals surface area contributed by atoms with E-state index in [2.05, 4.69) is 210 Å². The van der Waals surface area contributed by atoms with Gasteiger partial charge in [-0.1, -0.05) is 188 Å². The Morgan fingerprint density at radius 2 is 0.825 bits per heavy atom. The summed E-state index contributed by atoms with van der Waals surface area (Å²) >= 11 is 0. The Morgan fingerprint density at radius 1 is 0.312 bits per heavy atom. The summed E-state index contributed by atoms with van der Waals surface area (Å²) in [6.07, 6.45) is 25.8. The van der Waals surface area contributed by atoms with Gasteiger partial charge in [-0.05, 0) is 120 Å². The molecule has 16 rings (SSSR count). The average Bonchev–Trinajstić information content (AvgIpc) is 3.68. The Balaban J connectivity index is 0.759. The van der Waals surface area contributed by atoms with Crippen molar-refractivity contribution in [2.45, 2.75) is 0 Å². The third-order valence-electron chi connectivity index (χ3n) is 16.3. The largest absolute Gasteiger partial charge is 0.256 e. The van der Waals surface area contributed by atoms with Crippen molar-refractivity contribution in [1.82, 2.24) is 34.9 Å². The van der Waals surface area contributed by atoms with Crippen LogP contribution in [0.2, 0.25) is 0 Å². The van der Waals surface area contributed by atoms with Crippen molar-refractivity contribution in [2.75, 3.05) is 0 Å². The second-order valence-electron chi connectivity index (χ2n) is 20.8. The molecule has 0 N–H and O–H groups in total. The molecular formula is C73H45N7. The van der Waals surface area contributed by atoms with Gasteiger partial charge >= 0.3 is 0 Å². The molecule has 0 radical (unpaired) electrons. The van der Waals surface area contributed by atoms with Crippen molar-refractivity contribution in [3.63, 3.8) is 0 Å². The van der Waals surface area contributed by atoms with E-state index in [4.69, 9.17) is 24.9 Å². The van der Waals surface area contributed by atoms with Crippen LogP contribution in [0.3, 0.4) is 0 Å². The molecule has 0 saturated carbocycles. The molecular weight excluding hydrogens is 975 g/mol. The van der Waals surface area contributed by atoms with Crippen molar-refractivity contribution < 1.29 is 0 Å². The summed E-state index contributed by atoms with van der Waals surface area (Å²) in [5, 5.41) is 7.24. The highest BCUT2D eigenvalue weighted by atomic mass is 14.9. The highest BCUT2D eigenvalue weighted by Gasteiger charge is 2.39. The predicted molar refractivity (Wildman–Crippen MR) is 324 cm³/mol. The van der Waals surface area contributed by atoms with Crippen LogP contribution in [0.25, 0.3) is 128 Å². The molecule has 12 aromatic rings. The number of pyridine rings is 3. The van der Waals surface area contributed by atoms with Crippen LogP contribution < -0.4 is 0 Å². The van der Waals surface area contributed by atoms with E-state index in [9.17, 15) is 0 Å². The van der Waals surface area contributed by atoms with Gasteiger partial charge in [0, 0.05) is 69.4 Å². The lowest BCUT2D eigenvalue weighted by atomic mass is 9.63. The van der Waals surface area contributed by atoms with Crippen LogP contribution in [0.15, 0.2) is 284 Å². The summed E-state index contributed by atoms with van der Waals surface area (Å²) in [4.78, 5) is 35.4. The van der Waals surface area contributed by atoms with Gasteiger partial charge in [-0.15, -0.1) is 0 Å². The van der Waals surface area contributed by atoms with Crippen molar-refractivity contribution >= 4 is 37.9 Å². The minimum absolute atomic E-state index is 0.209. The van der Waals surface area contributed by atoms with Crippen molar-refractivity contribution in [3.05, 3.63) is 289 Å². The van der Waals surface area contributed by atoms with Gasteiger partial charge in [0.05, 0.1) is 39.9 Å². The molecule has 7 heteroatoms. The highest BCUT2D eigenvalue weighted by molar-refractivity contribution is 6.25. The molecule has 4 aliphatic carbocycles. The minimum atomic E-state index is 0.209. The lowest BCUT2D eigenvalue weighted by molar-refractivity contribution is 0.565. The van der Waals surface area contributed by atoms with E-state index in [0.29, 0.717) is 11.6 Å². The first-order valence-electron chi connectivity index (χ1n) is 27.1. The van der Waals surface area contributed by atoms with Gasteiger partial charge in [0.25, 0.3) is 0 Å². The second kappa shape index (κ2) is 18.5. The first-order chi connectivity index (χ1) is 39.6. The predicted octanol–water partition coefficient (Wildman–Crippen LogP) is 17.2. The van der Waals surface area contributed by atoms with Crippen LogP contribution in [-0.4, -0.2) is 34.9 Å². The summed E-state index contributed by atoms with van der Waals surface area (Å²) in [5.74, 6) is 1.86. The van der Waals surface area contributed by atoms with E-state index in [-0.39, 0.29) is 11.8 Å². The molecule has 0 saturated heterocycles. The molecule has 7 aromatic carbocycles. The molecule has 5 aromatic heterocycles. The zero-order valence-corrected chi connectivity index (χ0v) is 43.1. The Bertz CT molecular complexity index is 4690. The maximum absolute atomic E-state index is 5.39.